The van der Waals surface area contributed by atoms with Crippen LogP contribution < -0.4 is 4.74 Å². The maximum atomic E-state index is 12.5. The topological polar surface area (TPSA) is 71.6 Å². The number of hydrogen-bond donors (Lipinski definition) is 1. The molecule has 1 aromatic carbocycles. The van der Waals surface area contributed by atoms with E-state index in [-0.39, 0.29) is 0 Å². The fraction of sp³-hybridized carbons (Fsp3) is 0.300. The Morgan fingerprint density at radius 3 is 2.73 bits per heavy atom. The maximum absolute atomic E-state index is 12.5. The highest BCUT2D eigenvalue weighted by Crippen LogP contribution is 2.33. The Balaban J connectivity index is 2.40. The summed E-state index contributed by atoms with van der Waals surface area (Å²) in [5.41, 5.74) is 3.04. The van der Waals surface area contributed by atoms with Crippen LogP contribution in [0.3, 0.4) is 0 Å². The predicted octanol–water partition coefficient (Wildman–Crippen LogP) is 4.41. The fourth-order valence-corrected chi connectivity index (χ4v) is 2.55. The summed E-state index contributed by atoms with van der Waals surface area (Å²) >= 11 is 0. The summed E-state index contributed by atoms with van der Waals surface area (Å²) in [4.78, 5) is 28.4. The molecule has 1 aromatic heterocycles. The van der Waals surface area contributed by atoms with Crippen molar-refractivity contribution in [1.29, 1.82) is 0 Å². The molecule has 1 heterocycles. The Morgan fingerprint density at radius 1 is 1.35 bits per heavy atom. The molecule has 1 amide bonds. The number of methoxy groups -OCH3 is 1. The van der Waals surface area contributed by atoms with Crippen LogP contribution in [0.2, 0.25) is 0 Å². The third-order valence-electron chi connectivity index (χ3n) is 4.10. The fourth-order valence-electron chi connectivity index (χ4n) is 2.55. The summed E-state index contributed by atoms with van der Waals surface area (Å²) < 4.78 is 10.3. The van der Waals surface area contributed by atoms with Gasteiger partial charge in [-0.05, 0) is 31.1 Å². The van der Waals surface area contributed by atoms with Crippen LogP contribution >= 0.6 is 0 Å². The highest BCUT2D eigenvalue weighted by atomic mass is 16.6. The van der Waals surface area contributed by atoms with Gasteiger partial charge in [0.15, 0.2) is 0 Å². The third-order valence-corrected chi connectivity index (χ3v) is 4.10. The molecule has 2 aromatic rings. The molecule has 0 bridgehead atoms. The molecule has 0 aliphatic carbocycles. The average Bonchev–Trinajstić information content (AvgIpc) is 3.04. The summed E-state index contributed by atoms with van der Waals surface area (Å²) in [5.74, 6) is -0.00411. The monoisotopic (exact) mass is 356 g/mol. The van der Waals surface area contributed by atoms with E-state index in [1.807, 2.05) is 26.0 Å². The predicted molar refractivity (Wildman–Crippen MR) is 102 cm³/mol. The molecule has 0 fully saturated rings. The van der Waals surface area contributed by atoms with E-state index in [0.29, 0.717) is 17.9 Å². The number of esters is 1. The SMILES string of the molecule is C=C(CCC)N(C)C(=O)Oc1c(C)ccc2[nH]cc(C=CC(=O)OC)c12. The Morgan fingerprint density at radius 2 is 2.08 bits per heavy atom. The number of allylic oxidation sites excluding steroid dienone is 1. The number of carbonyl (C=O) groups excluding carboxylic acids is 2. The van der Waals surface area contributed by atoms with Gasteiger partial charge in [-0.3, -0.25) is 4.90 Å². The maximum Gasteiger partial charge on any atom is 0.419 e. The van der Waals surface area contributed by atoms with Crippen LogP contribution in [-0.4, -0.2) is 36.1 Å². The minimum Gasteiger partial charge on any atom is -0.466 e. The Bertz CT molecular complexity index is 864. The number of carbonyl (C=O) groups is 2. The number of nitrogens with one attached hydrogen (secondary N) is 1. The highest BCUT2D eigenvalue weighted by Gasteiger charge is 2.18. The second-order valence-electron chi connectivity index (χ2n) is 5.98. The second kappa shape index (κ2) is 8.38. The molecule has 0 aliphatic rings. The first-order valence-electron chi connectivity index (χ1n) is 8.39. The molecular weight excluding hydrogens is 332 g/mol. The molecule has 0 radical (unpaired) electrons. The zero-order valence-electron chi connectivity index (χ0n) is 15.6. The zero-order valence-corrected chi connectivity index (χ0v) is 15.6. The molecule has 0 atom stereocenters. The van der Waals surface area contributed by atoms with E-state index in [0.717, 1.165) is 28.5 Å². The van der Waals surface area contributed by atoms with Gasteiger partial charge < -0.3 is 14.5 Å². The van der Waals surface area contributed by atoms with E-state index in [2.05, 4.69) is 16.3 Å². The number of aromatic nitrogens is 1. The van der Waals surface area contributed by atoms with Crippen LogP contribution in [-0.2, 0) is 9.53 Å². The standard InChI is InChI=1S/C20H24N2O4/c1-6-7-14(3)22(4)20(24)26-19-13(2)8-10-16-18(19)15(12-21-16)9-11-17(23)25-5/h8-12,21H,3,6-7H2,1-2,4-5H3. The quantitative estimate of drug-likeness (QED) is 0.615. The van der Waals surface area contributed by atoms with E-state index < -0.39 is 12.1 Å². The molecule has 138 valence electrons. The normalized spacial score (nSPS) is 10.9. The van der Waals surface area contributed by atoms with Crippen molar-refractivity contribution in [2.24, 2.45) is 0 Å². The van der Waals surface area contributed by atoms with Crippen LogP contribution in [0.1, 0.15) is 30.9 Å². The van der Waals surface area contributed by atoms with Gasteiger partial charge in [0, 0.05) is 41.5 Å². The summed E-state index contributed by atoms with van der Waals surface area (Å²) in [5, 5.41) is 0.730. The third kappa shape index (κ3) is 4.14. The number of hydrogen-bond acceptors (Lipinski definition) is 4. The van der Waals surface area contributed by atoms with Gasteiger partial charge >= 0.3 is 12.1 Å². The number of aromatic amines is 1. The lowest BCUT2D eigenvalue weighted by atomic mass is 10.1. The van der Waals surface area contributed by atoms with Gasteiger partial charge in [-0.2, -0.15) is 0 Å². The summed E-state index contributed by atoms with van der Waals surface area (Å²) in [6.07, 6.45) is 5.81. The van der Waals surface area contributed by atoms with E-state index in [9.17, 15) is 9.59 Å². The average molecular weight is 356 g/mol. The van der Waals surface area contributed by atoms with E-state index in [1.54, 1.807) is 19.3 Å². The van der Waals surface area contributed by atoms with Crippen molar-refractivity contribution in [2.75, 3.05) is 14.2 Å². The number of H-pyrrole nitrogens is 1. The van der Waals surface area contributed by atoms with E-state index >= 15 is 0 Å². The van der Waals surface area contributed by atoms with Crippen molar-refractivity contribution in [3.63, 3.8) is 0 Å². The lowest BCUT2D eigenvalue weighted by Gasteiger charge is -2.20. The number of nitrogens with zero attached hydrogens (tertiary/aromatic N) is 1. The Hall–Kier alpha value is -3.02. The number of rotatable bonds is 6. The van der Waals surface area contributed by atoms with Crippen LogP contribution in [0.4, 0.5) is 4.79 Å². The molecule has 0 saturated heterocycles. The molecular formula is C20H24N2O4. The molecule has 6 heteroatoms. The largest absolute Gasteiger partial charge is 0.466 e. The van der Waals surface area contributed by atoms with Crippen LogP contribution in [0, 0.1) is 6.92 Å². The Kier molecular flexibility index (Phi) is 6.22. The summed E-state index contributed by atoms with van der Waals surface area (Å²) in [6, 6.07) is 3.77. The molecule has 6 nitrogen and oxygen atoms in total. The first kappa shape index (κ1) is 19.3. The van der Waals surface area contributed by atoms with E-state index in [4.69, 9.17) is 4.74 Å². The second-order valence-corrected chi connectivity index (χ2v) is 5.98. The van der Waals surface area contributed by atoms with E-state index in [1.165, 1.54) is 18.1 Å². The summed E-state index contributed by atoms with van der Waals surface area (Å²) in [6.45, 7) is 7.80. The number of fused-ring (bicyclic) bond motifs is 1. The smallest absolute Gasteiger partial charge is 0.419 e. The van der Waals surface area contributed by atoms with Gasteiger partial charge in [0.1, 0.15) is 5.75 Å². The molecule has 0 saturated carbocycles. The Labute approximate surface area is 153 Å². The minimum atomic E-state index is -0.497. The van der Waals surface area contributed by atoms with Gasteiger partial charge in [-0.25, -0.2) is 9.59 Å². The van der Waals surface area contributed by atoms with Gasteiger partial charge in [-0.1, -0.05) is 26.0 Å². The lowest BCUT2D eigenvalue weighted by molar-refractivity contribution is -0.134. The highest BCUT2D eigenvalue weighted by molar-refractivity contribution is 5.98. The molecule has 0 aliphatic heterocycles. The number of amides is 1. The molecule has 0 spiro atoms. The number of ether oxygens (including phenoxy) is 2. The van der Waals surface area contributed by atoms with Crippen molar-refractivity contribution in [2.45, 2.75) is 26.7 Å². The lowest BCUT2D eigenvalue weighted by Crippen LogP contribution is -2.29. The van der Waals surface area contributed by atoms with Crippen molar-refractivity contribution in [3.8, 4) is 5.75 Å². The van der Waals surface area contributed by atoms with Crippen LogP contribution in [0.5, 0.6) is 5.75 Å². The van der Waals surface area contributed by atoms with Gasteiger partial charge in [0.05, 0.1) is 7.11 Å². The van der Waals surface area contributed by atoms with Crippen LogP contribution in [0.15, 0.2) is 36.7 Å². The van der Waals surface area contributed by atoms with Gasteiger partial charge in [0.25, 0.3) is 0 Å². The zero-order chi connectivity index (χ0) is 19.3. The number of aryl methyl sites for hydroxylation is 1. The van der Waals surface area contributed by atoms with Gasteiger partial charge in [0.2, 0.25) is 0 Å². The number of benzene rings is 1. The van der Waals surface area contributed by atoms with Crippen LogP contribution in [0.25, 0.3) is 17.0 Å². The first-order valence-corrected chi connectivity index (χ1v) is 8.39. The molecule has 1 N–H and O–H groups in total. The van der Waals surface area contributed by atoms with Crippen molar-refractivity contribution >= 4 is 29.0 Å². The molecule has 2 rings (SSSR count). The first-order chi connectivity index (χ1) is 12.4. The van der Waals surface area contributed by atoms with Gasteiger partial charge in [-0.15, -0.1) is 0 Å². The van der Waals surface area contributed by atoms with Crippen molar-refractivity contribution < 1.29 is 19.1 Å². The van der Waals surface area contributed by atoms with Crippen molar-refractivity contribution in [3.05, 3.63) is 47.8 Å². The summed E-state index contributed by atoms with van der Waals surface area (Å²) in [7, 11) is 2.96. The van der Waals surface area contributed by atoms with Crippen molar-refractivity contribution in [1.82, 2.24) is 9.88 Å². The molecule has 0 unspecified atom stereocenters. The minimum absolute atomic E-state index is 0.453. The molecule has 26 heavy (non-hydrogen) atoms.